The molecule has 1 fully saturated rings. The van der Waals surface area contributed by atoms with Gasteiger partial charge in [0.1, 0.15) is 0 Å². The van der Waals surface area contributed by atoms with E-state index in [4.69, 9.17) is 16.0 Å². The fraction of sp³-hybridized carbons (Fsp3) is 0.267. The lowest BCUT2D eigenvalue weighted by Crippen LogP contribution is -2.32. The zero-order valence-electron chi connectivity index (χ0n) is 10.4. The first-order chi connectivity index (χ1) is 9.25. The van der Waals surface area contributed by atoms with Gasteiger partial charge < -0.3 is 9.32 Å². The minimum atomic E-state index is -0.0508. The van der Waals surface area contributed by atoms with Crippen molar-refractivity contribution >= 4 is 17.5 Å². The number of hydrogen-bond acceptors (Lipinski definition) is 2. The first-order valence-corrected chi connectivity index (χ1v) is 6.71. The summed E-state index contributed by atoms with van der Waals surface area (Å²) in [6.45, 7) is 0.617. The molecule has 0 atom stereocenters. The van der Waals surface area contributed by atoms with Crippen molar-refractivity contribution in [3.8, 4) is 0 Å². The average Bonchev–Trinajstić information content (AvgIpc) is 3.18. The Bertz CT molecular complexity index is 575. The Morgan fingerprint density at radius 3 is 2.58 bits per heavy atom. The normalized spacial score (nSPS) is 14.4. The van der Waals surface area contributed by atoms with E-state index >= 15 is 0 Å². The maximum atomic E-state index is 12.5. The van der Waals surface area contributed by atoms with E-state index in [2.05, 4.69) is 0 Å². The lowest BCUT2D eigenvalue weighted by atomic mass is 10.2. The van der Waals surface area contributed by atoms with Crippen molar-refractivity contribution in [3.63, 3.8) is 0 Å². The molecule has 0 bridgehead atoms. The Kier molecular flexibility index (Phi) is 3.30. The SMILES string of the molecule is O=C(c1ccoc1Cl)N(Cc1ccccc1)C1CC1. The number of nitrogens with zero attached hydrogens (tertiary/aromatic N) is 1. The van der Waals surface area contributed by atoms with E-state index in [1.165, 1.54) is 6.26 Å². The summed E-state index contributed by atoms with van der Waals surface area (Å²) in [7, 11) is 0. The molecule has 1 aliphatic rings. The molecular formula is C15H14ClNO2. The average molecular weight is 276 g/mol. The Morgan fingerprint density at radius 2 is 2.00 bits per heavy atom. The van der Waals surface area contributed by atoms with Gasteiger partial charge in [0.15, 0.2) is 0 Å². The number of hydrogen-bond donors (Lipinski definition) is 0. The molecule has 4 heteroatoms. The summed E-state index contributed by atoms with van der Waals surface area (Å²) in [5, 5.41) is 0.170. The number of rotatable bonds is 4. The van der Waals surface area contributed by atoms with Crippen molar-refractivity contribution in [1.29, 1.82) is 0 Å². The highest BCUT2D eigenvalue weighted by Crippen LogP contribution is 2.31. The van der Waals surface area contributed by atoms with Crippen molar-refractivity contribution in [2.45, 2.75) is 25.4 Å². The predicted octanol–water partition coefficient (Wildman–Crippen LogP) is 3.74. The minimum absolute atomic E-state index is 0.0508. The number of amides is 1. The minimum Gasteiger partial charge on any atom is -0.452 e. The highest BCUT2D eigenvalue weighted by Gasteiger charge is 2.34. The molecule has 98 valence electrons. The number of carbonyl (C=O) groups excluding carboxylic acids is 1. The molecule has 1 aliphatic carbocycles. The van der Waals surface area contributed by atoms with Crippen molar-refractivity contribution in [2.24, 2.45) is 0 Å². The Hall–Kier alpha value is -1.74. The van der Waals surface area contributed by atoms with Crippen molar-refractivity contribution in [2.75, 3.05) is 0 Å². The van der Waals surface area contributed by atoms with Crippen LogP contribution in [0.2, 0.25) is 5.22 Å². The summed E-state index contributed by atoms with van der Waals surface area (Å²) < 4.78 is 5.00. The number of furan rings is 1. The Balaban J connectivity index is 1.82. The molecule has 3 rings (SSSR count). The van der Waals surface area contributed by atoms with Crippen LogP contribution in [0.25, 0.3) is 0 Å². The smallest absolute Gasteiger partial charge is 0.259 e. The number of carbonyl (C=O) groups is 1. The van der Waals surface area contributed by atoms with Gasteiger partial charge in [-0.15, -0.1) is 0 Å². The third kappa shape index (κ3) is 2.66. The standard InChI is InChI=1S/C15H14ClNO2/c16-14-13(8-9-19-14)15(18)17(12-6-7-12)10-11-4-2-1-3-5-11/h1-5,8-9,12H,6-7,10H2. The van der Waals surface area contributed by atoms with Crippen LogP contribution >= 0.6 is 11.6 Å². The maximum absolute atomic E-state index is 12.5. The third-order valence-corrected chi connectivity index (χ3v) is 3.59. The second-order valence-corrected chi connectivity index (χ2v) is 5.10. The summed E-state index contributed by atoms with van der Waals surface area (Å²) in [6, 6.07) is 12.0. The van der Waals surface area contributed by atoms with Gasteiger partial charge >= 0.3 is 0 Å². The lowest BCUT2D eigenvalue weighted by Gasteiger charge is -2.22. The molecule has 0 radical (unpaired) electrons. The summed E-state index contributed by atoms with van der Waals surface area (Å²) in [5.74, 6) is -0.0508. The molecule has 0 unspecified atom stereocenters. The summed E-state index contributed by atoms with van der Waals surface area (Å²) in [6.07, 6.45) is 3.57. The second kappa shape index (κ2) is 5.10. The molecule has 3 nitrogen and oxygen atoms in total. The molecule has 0 saturated heterocycles. The number of benzene rings is 1. The fourth-order valence-electron chi connectivity index (χ4n) is 2.13. The summed E-state index contributed by atoms with van der Waals surface area (Å²) in [5.41, 5.74) is 1.58. The summed E-state index contributed by atoms with van der Waals surface area (Å²) >= 11 is 5.89. The molecular weight excluding hydrogens is 262 g/mol. The molecule has 1 aromatic heterocycles. The molecule has 1 amide bonds. The molecule has 0 spiro atoms. The highest BCUT2D eigenvalue weighted by atomic mass is 35.5. The van der Waals surface area contributed by atoms with E-state index in [0.29, 0.717) is 18.2 Å². The van der Waals surface area contributed by atoms with Gasteiger partial charge in [-0.05, 0) is 36.1 Å². The van der Waals surface area contributed by atoms with Crippen LogP contribution in [0.15, 0.2) is 47.1 Å². The van der Waals surface area contributed by atoms with Gasteiger partial charge in [0.05, 0.1) is 11.8 Å². The lowest BCUT2D eigenvalue weighted by molar-refractivity contribution is 0.0729. The van der Waals surface area contributed by atoms with Crippen molar-refractivity contribution in [1.82, 2.24) is 4.90 Å². The molecule has 19 heavy (non-hydrogen) atoms. The molecule has 0 N–H and O–H groups in total. The van der Waals surface area contributed by atoms with Crippen molar-refractivity contribution in [3.05, 3.63) is 59.0 Å². The highest BCUT2D eigenvalue weighted by molar-refractivity contribution is 6.32. The van der Waals surface area contributed by atoms with Crippen LogP contribution in [0.3, 0.4) is 0 Å². The Labute approximate surface area is 116 Å². The van der Waals surface area contributed by atoms with Gasteiger partial charge in [0, 0.05) is 12.6 Å². The van der Waals surface area contributed by atoms with E-state index in [0.717, 1.165) is 18.4 Å². The van der Waals surface area contributed by atoms with Gasteiger partial charge in [-0.2, -0.15) is 0 Å². The zero-order valence-corrected chi connectivity index (χ0v) is 11.1. The van der Waals surface area contributed by atoms with Gasteiger partial charge in [-0.1, -0.05) is 30.3 Å². The van der Waals surface area contributed by atoms with Crippen LogP contribution in [-0.4, -0.2) is 16.8 Å². The third-order valence-electron chi connectivity index (χ3n) is 3.29. The van der Waals surface area contributed by atoms with Crippen LogP contribution in [0.5, 0.6) is 0 Å². The monoisotopic (exact) mass is 275 g/mol. The largest absolute Gasteiger partial charge is 0.452 e. The van der Waals surface area contributed by atoms with Gasteiger partial charge in [0.25, 0.3) is 5.91 Å². The molecule has 1 heterocycles. The van der Waals surface area contributed by atoms with Crippen LogP contribution in [0.1, 0.15) is 28.8 Å². The van der Waals surface area contributed by atoms with Gasteiger partial charge in [0.2, 0.25) is 5.22 Å². The molecule has 1 aromatic carbocycles. The van der Waals surface area contributed by atoms with Crippen LogP contribution in [-0.2, 0) is 6.54 Å². The topological polar surface area (TPSA) is 33.5 Å². The van der Waals surface area contributed by atoms with Gasteiger partial charge in [-0.3, -0.25) is 4.79 Å². The Morgan fingerprint density at radius 1 is 1.26 bits per heavy atom. The fourth-order valence-corrected chi connectivity index (χ4v) is 2.33. The predicted molar refractivity (Wildman–Crippen MR) is 73.1 cm³/mol. The van der Waals surface area contributed by atoms with Crippen LogP contribution < -0.4 is 0 Å². The van der Waals surface area contributed by atoms with Crippen LogP contribution in [0, 0.1) is 0 Å². The maximum Gasteiger partial charge on any atom is 0.259 e. The second-order valence-electron chi connectivity index (χ2n) is 4.76. The molecule has 1 saturated carbocycles. The van der Waals surface area contributed by atoms with Crippen LogP contribution in [0.4, 0.5) is 0 Å². The van der Waals surface area contributed by atoms with E-state index in [9.17, 15) is 4.79 Å². The molecule has 2 aromatic rings. The number of halogens is 1. The van der Waals surface area contributed by atoms with E-state index in [1.807, 2.05) is 35.2 Å². The van der Waals surface area contributed by atoms with Crippen molar-refractivity contribution < 1.29 is 9.21 Å². The summed E-state index contributed by atoms with van der Waals surface area (Å²) in [4.78, 5) is 14.4. The zero-order chi connectivity index (χ0) is 13.2. The van der Waals surface area contributed by atoms with Gasteiger partial charge in [-0.25, -0.2) is 0 Å². The van der Waals surface area contributed by atoms with E-state index < -0.39 is 0 Å². The van der Waals surface area contributed by atoms with E-state index in [1.54, 1.807) is 6.07 Å². The first-order valence-electron chi connectivity index (χ1n) is 6.33. The molecule has 0 aliphatic heterocycles. The van der Waals surface area contributed by atoms with E-state index in [-0.39, 0.29) is 11.1 Å². The first kappa shape index (κ1) is 12.3. The quantitative estimate of drug-likeness (QED) is 0.852.